The monoisotopic (exact) mass is 516 g/mol. The molecule has 28 heavy (non-hydrogen) atoms. The molecule has 3 heterocycles. The number of aliphatic imine (C=N–C) groups is 1. The summed E-state index contributed by atoms with van der Waals surface area (Å²) in [6, 6.07) is 5.96. The Hall–Kier alpha value is -1.82. The molecule has 10 heteroatoms. The zero-order valence-corrected chi connectivity index (χ0v) is 19.2. The Morgan fingerprint density at radius 3 is 2.79 bits per heavy atom. The van der Waals surface area contributed by atoms with E-state index in [1.54, 1.807) is 0 Å². The molecule has 2 aliphatic rings. The molecule has 0 aliphatic carbocycles. The molecule has 2 aliphatic heterocycles. The second-order valence-electron chi connectivity index (χ2n) is 6.37. The third kappa shape index (κ3) is 4.43. The van der Waals surface area contributed by atoms with Gasteiger partial charge in [0.05, 0.1) is 0 Å². The van der Waals surface area contributed by atoms with Gasteiger partial charge < -0.3 is 24.6 Å². The Bertz CT molecular complexity index is 822. The van der Waals surface area contributed by atoms with Crippen LogP contribution in [-0.2, 0) is 13.0 Å². The van der Waals surface area contributed by atoms with Crippen LogP contribution in [0.15, 0.2) is 23.2 Å². The number of halogens is 1. The number of guanidine groups is 1. The number of aromatic nitrogens is 2. The Morgan fingerprint density at radius 1 is 1.25 bits per heavy atom. The molecule has 0 saturated carbocycles. The third-order valence-corrected chi connectivity index (χ3v) is 5.57. The number of hydrogen-bond acceptors (Lipinski definition) is 7. The molecule has 1 N–H and O–H groups in total. The lowest BCUT2D eigenvalue weighted by Crippen LogP contribution is -2.52. The van der Waals surface area contributed by atoms with Crippen molar-refractivity contribution in [2.75, 3.05) is 44.9 Å². The summed E-state index contributed by atoms with van der Waals surface area (Å²) < 4.78 is 15.4. The minimum absolute atomic E-state index is 0. The Kier molecular flexibility index (Phi) is 7.16. The molecule has 1 aromatic heterocycles. The summed E-state index contributed by atoms with van der Waals surface area (Å²) in [5, 5.41) is 4.47. The van der Waals surface area contributed by atoms with Gasteiger partial charge in [-0.25, -0.2) is 4.98 Å². The maximum Gasteiger partial charge on any atom is 0.231 e. The first-order valence-corrected chi connectivity index (χ1v) is 9.96. The number of benzene rings is 1. The summed E-state index contributed by atoms with van der Waals surface area (Å²) in [6.45, 7) is 6.64. The van der Waals surface area contributed by atoms with Crippen LogP contribution in [0.4, 0.5) is 5.13 Å². The Morgan fingerprint density at radius 2 is 2.07 bits per heavy atom. The Labute approximate surface area is 186 Å². The number of ether oxygens (including phenoxy) is 2. The zero-order valence-electron chi connectivity index (χ0n) is 16.1. The van der Waals surface area contributed by atoms with Crippen molar-refractivity contribution in [2.45, 2.75) is 19.9 Å². The molecule has 8 nitrogen and oxygen atoms in total. The molecule has 0 bridgehead atoms. The highest BCUT2D eigenvalue weighted by Gasteiger charge is 2.23. The van der Waals surface area contributed by atoms with E-state index < -0.39 is 0 Å². The van der Waals surface area contributed by atoms with Gasteiger partial charge in [0, 0.05) is 63.3 Å². The number of nitrogens with one attached hydrogen (secondary N) is 1. The van der Waals surface area contributed by atoms with Crippen LogP contribution in [0, 0.1) is 0 Å². The van der Waals surface area contributed by atoms with Gasteiger partial charge in [0.15, 0.2) is 17.5 Å². The second-order valence-corrected chi connectivity index (χ2v) is 7.10. The number of para-hydroxylation sites is 1. The number of aryl methyl sites for hydroxylation is 1. The van der Waals surface area contributed by atoms with Crippen molar-refractivity contribution < 1.29 is 9.47 Å². The number of rotatable bonds is 4. The maximum atomic E-state index is 5.58. The van der Waals surface area contributed by atoms with Gasteiger partial charge in [-0.15, -0.1) is 24.0 Å². The summed E-state index contributed by atoms with van der Waals surface area (Å²) in [7, 11) is 1.82. The highest BCUT2D eigenvalue weighted by molar-refractivity contribution is 14.0. The van der Waals surface area contributed by atoms with Crippen LogP contribution in [0.3, 0.4) is 0 Å². The molecule has 1 fully saturated rings. The summed E-state index contributed by atoms with van der Waals surface area (Å²) >= 11 is 1.49. The summed E-state index contributed by atoms with van der Waals surface area (Å²) in [4.78, 5) is 13.6. The highest BCUT2D eigenvalue weighted by Crippen LogP contribution is 2.35. The normalized spacial score (nSPS) is 16.1. The third-order valence-electron chi connectivity index (χ3n) is 4.75. The number of piperazine rings is 1. The predicted molar refractivity (Wildman–Crippen MR) is 121 cm³/mol. The van der Waals surface area contributed by atoms with E-state index in [0.717, 1.165) is 66.6 Å². The topological polar surface area (TPSA) is 75.1 Å². The van der Waals surface area contributed by atoms with Gasteiger partial charge in [-0.1, -0.05) is 19.1 Å². The van der Waals surface area contributed by atoms with E-state index in [1.807, 2.05) is 25.2 Å². The van der Waals surface area contributed by atoms with E-state index in [0.29, 0.717) is 6.54 Å². The van der Waals surface area contributed by atoms with Crippen molar-refractivity contribution in [1.82, 2.24) is 19.6 Å². The van der Waals surface area contributed by atoms with Crippen molar-refractivity contribution in [3.05, 3.63) is 29.6 Å². The molecule has 0 unspecified atom stereocenters. The van der Waals surface area contributed by atoms with Gasteiger partial charge in [0.2, 0.25) is 11.9 Å². The van der Waals surface area contributed by atoms with Crippen molar-refractivity contribution in [3.8, 4) is 11.5 Å². The lowest BCUT2D eigenvalue weighted by molar-refractivity contribution is 0.173. The van der Waals surface area contributed by atoms with E-state index in [-0.39, 0.29) is 30.8 Å². The lowest BCUT2D eigenvalue weighted by atomic mass is 10.2. The quantitative estimate of drug-likeness (QED) is 0.380. The van der Waals surface area contributed by atoms with Crippen molar-refractivity contribution >= 4 is 46.6 Å². The molecule has 1 aromatic carbocycles. The minimum Gasteiger partial charge on any atom is -0.454 e. The fourth-order valence-electron chi connectivity index (χ4n) is 3.26. The molecule has 0 radical (unpaired) electrons. The van der Waals surface area contributed by atoms with Crippen molar-refractivity contribution in [3.63, 3.8) is 0 Å². The first kappa shape index (κ1) is 20.9. The fraction of sp³-hybridized carbons (Fsp3) is 0.500. The second kappa shape index (κ2) is 9.59. The number of fused-ring (bicyclic) bond motifs is 1. The molecular weight excluding hydrogens is 491 g/mol. The SMILES string of the molecule is CCc1nsc(N2CCN(C(=NC)NCc3cccc4c3OCO4)CC2)n1.I. The largest absolute Gasteiger partial charge is 0.454 e. The first-order chi connectivity index (χ1) is 13.3. The smallest absolute Gasteiger partial charge is 0.231 e. The fourth-order valence-corrected chi connectivity index (χ4v) is 4.06. The Balaban J connectivity index is 0.00000225. The van der Waals surface area contributed by atoms with Crippen molar-refractivity contribution in [1.29, 1.82) is 0 Å². The standard InChI is InChI=1S/C18H24N6O2S.HI/c1-3-15-21-18(27-22-15)24-9-7-23(8-10-24)17(19-2)20-11-13-5-4-6-14-16(13)26-12-25-14;/h4-6H,3,7-12H2,1-2H3,(H,19,20);1H. The van der Waals surface area contributed by atoms with Crippen molar-refractivity contribution in [2.24, 2.45) is 4.99 Å². The van der Waals surface area contributed by atoms with E-state index in [1.165, 1.54) is 11.5 Å². The predicted octanol–water partition coefficient (Wildman–Crippen LogP) is 2.34. The van der Waals surface area contributed by atoms with E-state index in [2.05, 4.69) is 36.4 Å². The van der Waals surface area contributed by atoms with Crippen LogP contribution < -0.4 is 19.7 Å². The maximum absolute atomic E-state index is 5.58. The average Bonchev–Trinajstić information content (AvgIpc) is 3.38. The van der Waals surface area contributed by atoms with E-state index >= 15 is 0 Å². The minimum atomic E-state index is 0. The molecule has 0 atom stereocenters. The molecule has 4 rings (SSSR count). The zero-order chi connectivity index (χ0) is 18.6. The first-order valence-electron chi connectivity index (χ1n) is 9.19. The lowest BCUT2D eigenvalue weighted by Gasteiger charge is -2.36. The molecule has 152 valence electrons. The summed E-state index contributed by atoms with van der Waals surface area (Å²) in [5.41, 5.74) is 1.07. The number of anilines is 1. The number of nitrogens with zero attached hydrogens (tertiary/aromatic N) is 5. The van der Waals surface area contributed by atoms with Crippen LogP contribution in [0.5, 0.6) is 11.5 Å². The van der Waals surface area contributed by atoms with Gasteiger partial charge >= 0.3 is 0 Å². The van der Waals surface area contributed by atoms with E-state index in [4.69, 9.17) is 9.47 Å². The van der Waals surface area contributed by atoms with Crippen LogP contribution in [0.1, 0.15) is 18.3 Å². The van der Waals surface area contributed by atoms with Crippen LogP contribution in [0.25, 0.3) is 0 Å². The average molecular weight is 516 g/mol. The molecule has 0 spiro atoms. The van der Waals surface area contributed by atoms with Gasteiger partial charge in [-0.2, -0.15) is 4.37 Å². The van der Waals surface area contributed by atoms with Crippen LogP contribution >= 0.6 is 35.5 Å². The highest BCUT2D eigenvalue weighted by atomic mass is 127. The summed E-state index contributed by atoms with van der Waals surface area (Å²) in [6.07, 6.45) is 0.880. The van der Waals surface area contributed by atoms with Crippen LogP contribution in [-0.4, -0.2) is 60.2 Å². The van der Waals surface area contributed by atoms with Gasteiger partial charge in [0.1, 0.15) is 5.82 Å². The molecule has 2 aromatic rings. The summed E-state index contributed by atoms with van der Waals surface area (Å²) in [5.74, 6) is 3.46. The van der Waals surface area contributed by atoms with Gasteiger partial charge in [-0.3, -0.25) is 4.99 Å². The number of hydrogen-bond donors (Lipinski definition) is 1. The molecule has 0 amide bonds. The van der Waals surface area contributed by atoms with Gasteiger partial charge in [-0.05, 0) is 6.07 Å². The molecule has 1 saturated heterocycles. The van der Waals surface area contributed by atoms with E-state index in [9.17, 15) is 0 Å². The van der Waals surface area contributed by atoms with Crippen LogP contribution in [0.2, 0.25) is 0 Å². The molecular formula is C18H25IN6O2S. The van der Waals surface area contributed by atoms with Gasteiger partial charge in [0.25, 0.3) is 0 Å².